The predicted molar refractivity (Wildman–Crippen MR) is 73.8 cm³/mol. The Kier molecular flexibility index (Phi) is 4.80. The zero-order valence-corrected chi connectivity index (χ0v) is 11.3. The normalized spacial score (nSPS) is 10.2. The molecule has 0 N–H and O–H groups in total. The Bertz CT molecular complexity index is 550. The monoisotopic (exact) mass is 296 g/mol. The van der Waals surface area contributed by atoms with Gasteiger partial charge in [0.1, 0.15) is 11.5 Å². The Hall–Kier alpha value is -1.55. The number of halogens is 2. The van der Waals surface area contributed by atoms with E-state index in [-0.39, 0.29) is 0 Å². The second-order valence-corrected chi connectivity index (χ2v) is 4.36. The number of carbonyl (C=O) groups is 1. The second kappa shape index (κ2) is 6.57. The van der Waals surface area contributed by atoms with Crippen LogP contribution >= 0.6 is 23.5 Å². The van der Waals surface area contributed by atoms with Crippen LogP contribution in [0.5, 0.6) is 11.5 Å². The summed E-state index contributed by atoms with van der Waals surface area (Å²) >= 11 is 10.5. The van der Waals surface area contributed by atoms with Crippen LogP contribution in [-0.2, 0) is 10.9 Å². The number of ether oxygens (including phenoxy) is 1. The SMILES string of the molecule is O=C(Cl)c1ccc(Oc2ccc(COCl)cc2)cc1. The van der Waals surface area contributed by atoms with Gasteiger partial charge in [0.05, 0.1) is 18.5 Å². The van der Waals surface area contributed by atoms with Gasteiger partial charge in [-0.05, 0) is 53.6 Å². The minimum absolute atomic E-state index is 0.342. The van der Waals surface area contributed by atoms with Crippen LogP contribution in [-0.4, -0.2) is 5.24 Å². The minimum Gasteiger partial charge on any atom is -0.457 e. The highest BCUT2D eigenvalue weighted by Crippen LogP contribution is 2.22. The lowest BCUT2D eigenvalue weighted by Crippen LogP contribution is -1.90. The van der Waals surface area contributed by atoms with Crippen LogP contribution in [0.25, 0.3) is 0 Å². The lowest BCUT2D eigenvalue weighted by atomic mass is 10.2. The highest BCUT2D eigenvalue weighted by molar-refractivity contribution is 6.67. The Morgan fingerprint density at radius 2 is 1.47 bits per heavy atom. The van der Waals surface area contributed by atoms with Crippen molar-refractivity contribution in [2.24, 2.45) is 0 Å². The van der Waals surface area contributed by atoms with E-state index >= 15 is 0 Å². The molecule has 0 heterocycles. The van der Waals surface area contributed by atoms with Crippen molar-refractivity contribution in [1.82, 2.24) is 0 Å². The van der Waals surface area contributed by atoms with E-state index in [2.05, 4.69) is 4.29 Å². The molecule has 0 bridgehead atoms. The van der Waals surface area contributed by atoms with Crippen molar-refractivity contribution in [3.05, 3.63) is 59.7 Å². The number of benzene rings is 2. The van der Waals surface area contributed by atoms with E-state index in [0.717, 1.165) is 5.56 Å². The first-order chi connectivity index (χ1) is 9.19. The number of carbonyl (C=O) groups excluding carboxylic acids is 1. The van der Waals surface area contributed by atoms with Crippen molar-refractivity contribution >= 4 is 28.7 Å². The molecule has 0 saturated carbocycles. The largest absolute Gasteiger partial charge is 0.457 e. The fourth-order valence-electron chi connectivity index (χ4n) is 1.51. The highest BCUT2D eigenvalue weighted by Gasteiger charge is 2.02. The molecule has 2 aromatic carbocycles. The minimum atomic E-state index is -0.489. The summed E-state index contributed by atoms with van der Waals surface area (Å²) in [5.74, 6) is 1.31. The van der Waals surface area contributed by atoms with Crippen molar-refractivity contribution in [1.29, 1.82) is 0 Å². The Balaban J connectivity index is 2.06. The number of rotatable bonds is 5. The third kappa shape index (κ3) is 3.96. The van der Waals surface area contributed by atoms with Crippen LogP contribution in [0.1, 0.15) is 15.9 Å². The Morgan fingerprint density at radius 1 is 0.947 bits per heavy atom. The molecule has 0 aliphatic heterocycles. The Morgan fingerprint density at radius 3 is 1.95 bits per heavy atom. The zero-order chi connectivity index (χ0) is 13.7. The lowest BCUT2D eigenvalue weighted by Gasteiger charge is -2.06. The summed E-state index contributed by atoms with van der Waals surface area (Å²) in [6, 6.07) is 13.9. The molecular formula is C14H10Cl2O3. The Labute approximate surface area is 120 Å². The summed E-state index contributed by atoms with van der Waals surface area (Å²) in [5.41, 5.74) is 1.38. The van der Waals surface area contributed by atoms with Crippen molar-refractivity contribution < 1.29 is 13.8 Å². The molecule has 0 saturated heterocycles. The van der Waals surface area contributed by atoms with Gasteiger partial charge < -0.3 is 4.74 Å². The maximum atomic E-state index is 10.9. The first-order valence-corrected chi connectivity index (χ1v) is 6.18. The molecule has 0 aliphatic rings. The van der Waals surface area contributed by atoms with Crippen LogP contribution in [0.3, 0.4) is 0 Å². The quantitative estimate of drug-likeness (QED) is 0.761. The van der Waals surface area contributed by atoms with Crippen LogP contribution in [0.2, 0.25) is 0 Å². The van der Waals surface area contributed by atoms with E-state index in [1.807, 2.05) is 24.3 Å². The maximum absolute atomic E-state index is 10.9. The summed E-state index contributed by atoms with van der Waals surface area (Å²) in [7, 11) is 0. The van der Waals surface area contributed by atoms with Gasteiger partial charge in [-0.3, -0.25) is 9.08 Å². The van der Waals surface area contributed by atoms with Crippen molar-refractivity contribution in [2.75, 3.05) is 0 Å². The van der Waals surface area contributed by atoms with Crippen LogP contribution in [0, 0.1) is 0 Å². The molecule has 2 aromatic rings. The average Bonchev–Trinajstić information content (AvgIpc) is 2.42. The summed E-state index contributed by atoms with van der Waals surface area (Å²) < 4.78 is 10.1. The lowest BCUT2D eigenvalue weighted by molar-refractivity contribution is 0.108. The van der Waals surface area contributed by atoms with E-state index in [4.69, 9.17) is 28.2 Å². The molecule has 0 amide bonds. The smallest absolute Gasteiger partial charge is 0.252 e. The van der Waals surface area contributed by atoms with Gasteiger partial charge in [-0.25, -0.2) is 0 Å². The van der Waals surface area contributed by atoms with Gasteiger partial charge in [-0.1, -0.05) is 12.1 Å². The molecule has 19 heavy (non-hydrogen) atoms. The summed E-state index contributed by atoms with van der Waals surface area (Å²) in [4.78, 5) is 10.9. The molecule has 5 heteroatoms. The van der Waals surface area contributed by atoms with Crippen LogP contribution in [0.15, 0.2) is 48.5 Å². The van der Waals surface area contributed by atoms with Gasteiger partial charge in [-0.15, -0.1) is 0 Å². The van der Waals surface area contributed by atoms with Gasteiger partial charge in [0.25, 0.3) is 5.24 Å². The summed E-state index contributed by atoms with van der Waals surface area (Å²) in [6.07, 6.45) is 0. The third-order valence-electron chi connectivity index (χ3n) is 2.46. The van der Waals surface area contributed by atoms with Gasteiger partial charge in [0.15, 0.2) is 0 Å². The van der Waals surface area contributed by atoms with Gasteiger partial charge in [0, 0.05) is 5.56 Å². The molecular weight excluding hydrogens is 287 g/mol. The van der Waals surface area contributed by atoms with Gasteiger partial charge in [0.2, 0.25) is 0 Å². The topological polar surface area (TPSA) is 35.5 Å². The molecule has 2 rings (SSSR count). The fraction of sp³-hybridized carbons (Fsp3) is 0.0714. The van der Waals surface area contributed by atoms with Crippen molar-refractivity contribution in [3.8, 4) is 11.5 Å². The summed E-state index contributed by atoms with van der Waals surface area (Å²) in [6.45, 7) is 0.342. The maximum Gasteiger partial charge on any atom is 0.252 e. The second-order valence-electron chi connectivity index (χ2n) is 3.80. The van der Waals surface area contributed by atoms with Crippen molar-refractivity contribution in [3.63, 3.8) is 0 Å². The first-order valence-electron chi connectivity index (χ1n) is 5.49. The molecule has 0 spiro atoms. The highest BCUT2D eigenvalue weighted by atomic mass is 35.5. The first kappa shape index (κ1) is 13.9. The molecule has 98 valence electrons. The number of hydrogen-bond acceptors (Lipinski definition) is 3. The summed E-state index contributed by atoms with van der Waals surface area (Å²) in [5, 5.41) is -0.489. The van der Waals surface area contributed by atoms with E-state index in [9.17, 15) is 4.79 Å². The molecule has 0 aromatic heterocycles. The van der Waals surface area contributed by atoms with Gasteiger partial charge in [-0.2, -0.15) is 0 Å². The fourth-order valence-corrected chi connectivity index (χ4v) is 1.76. The van der Waals surface area contributed by atoms with Crippen molar-refractivity contribution in [2.45, 2.75) is 6.61 Å². The van der Waals surface area contributed by atoms with E-state index in [1.165, 1.54) is 0 Å². The molecule has 0 fully saturated rings. The van der Waals surface area contributed by atoms with Gasteiger partial charge >= 0.3 is 0 Å². The average molecular weight is 297 g/mol. The predicted octanol–water partition coefficient (Wildman–Crippen LogP) is 4.53. The molecule has 0 unspecified atom stereocenters. The third-order valence-corrected chi connectivity index (χ3v) is 2.79. The molecule has 0 atom stereocenters. The zero-order valence-electron chi connectivity index (χ0n) is 9.81. The van der Waals surface area contributed by atoms with Crippen LogP contribution in [0.4, 0.5) is 0 Å². The van der Waals surface area contributed by atoms with E-state index in [0.29, 0.717) is 23.7 Å². The molecule has 0 aliphatic carbocycles. The van der Waals surface area contributed by atoms with E-state index < -0.39 is 5.24 Å². The standard InChI is InChI=1S/C14H10Cl2O3/c15-14(17)11-3-7-13(8-4-11)19-12-5-1-10(2-6-12)9-18-16/h1-8H,9H2. The van der Waals surface area contributed by atoms with E-state index in [1.54, 1.807) is 24.3 Å². The van der Waals surface area contributed by atoms with Crippen LogP contribution < -0.4 is 4.74 Å². The number of hydrogen-bond donors (Lipinski definition) is 0. The molecule has 0 radical (unpaired) electrons. The molecule has 3 nitrogen and oxygen atoms in total.